The van der Waals surface area contributed by atoms with Gasteiger partial charge in [-0.3, -0.25) is 0 Å². The predicted molar refractivity (Wildman–Crippen MR) is 82.2 cm³/mol. The summed E-state index contributed by atoms with van der Waals surface area (Å²) < 4.78 is 0. The molecule has 1 saturated carbocycles. The van der Waals surface area contributed by atoms with Crippen LogP contribution in [0.4, 0.5) is 0 Å². The van der Waals surface area contributed by atoms with E-state index in [1.807, 2.05) is 5.92 Å². The smallest absolute Gasteiger partial charge is 0.0205 e. The fourth-order valence-electron chi connectivity index (χ4n) is 3.58. The Morgan fingerprint density at radius 1 is 1.17 bits per heavy atom. The van der Waals surface area contributed by atoms with Gasteiger partial charge < -0.3 is 0 Å². The summed E-state index contributed by atoms with van der Waals surface area (Å²) in [5.41, 5.74) is 0. The van der Waals surface area contributed by atoms with Gasteiger partial charge >= 0.3 is 0 Å². The molecule has 0 heterocycles. The molecule has 0 aromatic rings. The van der Waals surface area contributed by atoms with Crippen LogP contribution in [0.2, 0.25) is 0 Å². The molecule has 1 aliphatic rings. The summed E-state index contributed by atoms with van der Waals surface area (Å²) in [6.45, 7) is 13.7. The van der Waals surface area contributed by atoms with Crippen LogP contribution in [0.3, 0.4) is 0 Å². The maximum Gasteiger partial charge on any atom is -0.0205 e. The van der Waals surface area contributed by atoms with E-state index in [0.29, 0.717) is 0 Å². The van der Waals surface area contributed by atoms with Crippen molar-refractivity contribution in [2.45, 2.75) is 79.1 Å². The Labute approximate surface area is 116 Å². The zero-order valence-corrected chi connectivity index (χ0v) is 13.2. The summed E-state index contributed by atoms with van der Waals surface area (Å²) in [6.07, 6.45) is 10.9. The highest BCUT2D eigenvalue weighted by molar-refractivity contribution is 5.01. The monoisotopic (exact) mass is 250 g/mol. The Kier molecular flexibility index (Phi) is 7.34. The van der Waals surface area contributed by atoms with Crippen LogP contribution in [0.25, 0.3) is 0 Å². The molecule has 0 bridgehead atoms. The lowest BCUT2D eigenvalue weighted by Crippen LogP contribution is -2.21. The highest BCUT2D eigenvalue weighted by Crippen LogP contribution is 2.41. The second-order valence-electron chi connectivity index (χ2n) is 6.96. The van der Waals surface area contributed by atoms with Gasteiger partial charge in [0.05, 0.1) is 0 Å². The SMILES string of the molecule is [CH2]CCCC([C]1CCCCC(C(C)C)C1)C(C)C. The van der Waals surface area contributed by atoms with Gasteiger partial charge in [0.1, 0.15) is 0 Å². The highest BCUT2D eigenvalue weighted by Gasteiger charge is 2.29. The molecule has 18 heavy (non-hydrogen) atoms. The van der Waals surface area contributed by atoms with Gasteiger partial charge in [0.25, 0.3) is 0 Å². The zero-order valence-electron chi connectivity index (χ0n) is 13.2. The van der Waals surface area contributed by atoms with Crippen molar-refractivity contribution in [1.29, 1.82) is 0 Å². The molecule has 0 N–H and O–H groups in total. The maximum absolute atomic E-state index is 4.01. The number of hydrogen-bond acceptors (Lipinski definition) is 0. The van der Waals surface area contributed by atoms with E-state index in [1.165, 1.54) is 44.9 Å². The molecule has 0 spiro atoms. The van der Waals surface area contributed by atoms with Gasteiger partial charge in [0.15, 0.2) is 0 Å². The Morgan fingerprint density at radius 2 is 1.89 bits per heavy atom. The standard InChI is InChI=1S/C18H34/c1-6-7-12-18(15(4)5)17-11-9-8-10-16(13-17)14(2)3/h14-16,18H,1,6-13H2,2-5H3. The van der Waals surface area contributed by atoms with Gasteiger partial charge in [-0.25, -0.2) is 0 Å². The highest BCUT2D eigenvalue weighted by atomic mass is 14.3. The quantitative estimate of drug-likeness (QED) is 0.502. The van der Waals surface area contributed by atoms with E-state index < -0.39 is 0 Å². The lowest BCUT2D eigenvalue weighted by Gasteiger charge is -2.32. The lowest BCUT2D eigenvalue weighted by molar-refractivity contribution is 0.292. The second-order valence-corrected chi connectivity index (χ2v) is 6.96. The summed E-state index contributed by atoms with van der Waals surface area (Å²) in [6, 6.07) is 0. The Balaban J connectivity index is 2.63. The van der Waals surface area contributed by atoms with Gasteiger partial charge in [-0.2, -0.15) is 0 Å². The van der Waals surface area contributed by atoms with Gasteiger partial charge in [0, 0.05) is 0 Å². The molecule has 1 fully saturated rings. The van der Waals surface area contributed by atoms with E-state index in [2.05, 4.69) is 34.6 Å². The molecule has 2 radical (unpaired) electrons. The number of unbranched alkanes of at least 4 members (excludes halogenated alkanes) is 1. The fraction of sp³-hybridized carbons (Fsp3) is 0.889. The van der Waals surface area contributed by atoms with Crippen molar-refractivity contribution in [2.75, 3.05) is 0 Å². The first-order valence-corrected chi connectivity index (χ1v) is 8.20. The van der Waals surface area contributed by atoms with Crippen molar-refractivity contribution in [2.24, 2.45) is 23.7 Å². The van der Waals surface area contributed by atoms with Crippen molar-refractivity contribution >= 4 is 0 Å². The molecule has 0 heteroatoms. The molecule has 0 aliphatic heterocycles. The second kappa shape index (κ2) is 8.23. The fourth-order valence-corrected chi connectivity index (χ4v) is 3.58. The first kappa shape index (κ1) is 16.1. The van der Waals surface area contributed by atoms with E-state index in [1.54, 1.807) is 0 Å². The molecule has 1 rings (SSSR count). The molecule has 0 amide bonds. The van der Waals surface area contributed by atoms with Crippen molar-refractivity contribution < 1.29 is 0 Å². The molecule has 106 valence electrons. The Morgan fingerprint density at radius 3 is 2.44 bits per heavy atom. The first-order valence-electron chi connectivity index (χ1n) is 8.20. The summed E-state index contributed by atoms with van der Waals surface area (Å²) in [5, 5.41) is 0. The van der Waals surface area contributed by atoms with Crippen LogP contribution < -0.4 is 0 Å². The molecule has 0 aromatic carbocycles. The molecular formula is C18H34. The first-order chi connectivity index (χ1) is 8.56. The van der Waals surface area contributed by atoms with Crippen LogP contribution in [0.15, 0.2) is 0 Å². The maximum atomic E-state index is 4.01. The topological polar surface area (TPSA) is 0 Å². The average Bonchev–Trinajstić information content (AvgIpc) is 2.55. The molecule has 0 nitrogen and oxygen atoms in total. The Hall–Kier alpha value is 0. The van der Waals surface area contributed by atoms with Gasteiger partial charge in [-0.15, -0.1) is 0 Å². The van der Waals surface area contributed by atoms with Crippen molar-refractivity contribution in [3.8, 4) is 0 Å². The van der Waals surface area contributed by atoms with Gasteiger partial charge in [-0.1, -0.05) is 66.7 Å². The van der Waals surface area contributed by atoms with Crippen LogP contribution in [-0.4, -0.2) is 0 Å². The van der Waals surface area contributed by atoms with Crippen LogP contribution in [0.1, 0.15) is 79.1 Å². The molecule has 0 aromatic heterocycles. The summed E-state index contributed by atoms with van der Waals surface area (Å²) in [5.74, 6) is 5.39. The Bertz CT molecular complexity index is 204. The number of rotatable bonds is 6. The summed E-state index contributed by atoms with van der Waals surface area (Å²) >= 11 is 0. The lowest BCUT2D eigenvalue weighted by atomic mass is 9.73. The van der Waals surface area contributed by atoms with Crippen molar-refractivity contribution in [3.63, 3.8) is 0 Å². The molecule has 0 saturated heterocycles. The normalized spacial score (nSPS) is 24.5. The number of hydrogen-bond donors (Lipinski definition) is 0. The van der Waals surface area contributed by atoms with E-state index in [9.17, 15) is 0 Å². The van der Waals surface area contributed by atoms with E-state index in [-0.39, 0.29) is 0 Å². The van der Waals surface area contributed by atoms with Crippen LogP contribution in [0, 0.1) is 36.5 Å². The summed E-state index contributed by atoms with van der Waals surface area (Å²) in [7, 11) is 0. The van der Waals surface area contributed by atoms with Crippen LogP contribution >= 0.6 is 0 Å². The van der Waals surface area contributed by atoms with E-state index >= 15 is 0 Å². The molecule has 2 atom stereocenters. The van der Waals surface area contributed by atoms with E-state index in [4.69, 9.17) is 0 Å². The minimum atomic E-state index is 0.817. The largest absolute Gasteiger partial charge is 0.0625 e. The minimum absolute atomic E-state index is 0.817. The molecule has 1 aliphatic carbocycles. The average molecular weight is 250 g/mol. The van der Waals surface area contributed by atoms with Crippen molar-refractivity contribution in [3.05, 3.63) is 12.8 Å². The van der Waals surface area contributed by atoms with Crippen LogP contribution in [0.5, 0.6) is 0 Å². The third-order valence-electron chi connectivity index (χ3n) is 4.88. The molecular weight excluding hydrogens is 216 g/mol. The van der Waals surface area contributed by atoms with E-state index in [0.717, 1.165) is 30.1 Å². The third-order valence-corrected chi connectivity index (χ3v) is 4.88. The third kappa shape index (κ3) is 4.94. The van der Waals surface area contributed by atoms with Gasteiger partial charge in [-0.05, 0) is 48.9 Å². The summed E-state index contributed by atoms with van der Waals surface area (Å²) in [4.78, 5) is 0. The predicted octanol–water partition coefficient (Wildman–Crippen LogP) is 6.07. The van der Waals surface area contributed by atoms with Crippen molar-refractivity contribution in [1.82, 2.24) is 0 Å². The van der Waals surface area contributed by atoms with Gasteiger partial charge in [0.2, 0.25) is 0 Å². The van der Waals surface area contributed by atoms with Crippen LogP contribution in [-0.2, 0) is 0 Å². The molecule has 2 unspecified atom stereocenters. The zero-order chi connectivity index (χ0) is 13.5. The minimum Gasteiger partial charge on any atom is -0.0625 e.